The zero-order chi connectivity index (χ0) is 16.5. The number of benzene rings is 3. The summed E-state index contributed by atoms with van der Waals surface area (Å²) in [5.74, 6) is -0.213. The minimum absolute atomic E-state index is 0.213. The molecule has 4 aromatic rings. The number of rotatable bonds is 3. The Morgan fingerprint density at radius 3 is 2.33 bits per heavy atom. The number of aryl methyl sites for hydroxylation is 1. The van der Waals surface area contributed by atoms with Gasteiger partial charge in [0.2, 0.25) is 0 Å². The molecule has 118 valence electrons. The van der Waals surface area contributed by atoms with Crippen LogP contribution in [-0.2, 0) is 7.05 Å². The second-order valence-electron chi connectivity index (χ2n) is 5.65. The Kier molecular flexibility index (Phi) is 3.82. The lowest BCUT2D eigenvalue weighted by atomic mass is 10.0. The quantitative estimate of drug-likeness (QED) is 0.490. The van der Waals surface area contributed by atoms with Gasteiger partial charge in [-0.2, -0.15) is 0 Å². The lowest BCUT2D eigenvalue weighted by molar-refractivity contribution is 0.628. The molecule has 3 aromatic carbocycles. The van der Waals surface area contributed by atoms with Crippen LogP contribution in [-0.4, -0.2) is 9.55 Å². The van der Waals surface area contributed by atoms with Crippen LogP contribution in [0.25, 0.3) is 21.9 Å². The normalized spacial score (nSPS) is 11.1. The second-order valence-corrected chi connectivity index (χ2v) is 6.69. The van der Waals surface area contributed by atoms with Crippen LogP contribution in [0.4, 0.5) is 4.39 Å². The van der Waals surface area contributed by atoms with Crippen molar-refractivity contribution in [1.29, 1.82) is 0 Å². The van der Waals surface area contributed by atoms with E-state index in [4.69, 9.17) is 0 Å². The van der Waals surface area contributed by atoms with Crippen molar-refractivity contribution in [1.82, 2.24) is 9.55 Å². The summed E-state index contributed by atoms with van der Waals surface area (Å²) in [4.78, 5) is 5.51. The molecular weight excluding hydrogens is 319 g/mol. The molecule has 0 unspecified atom stereocenters. The minimum atomic E-state index is -0.213. The first-order valence-electron chi connectivity index (χ1n) is 7.64. The van der Waals surface area contributed by atoms with E-state index in [1.807, 2.05) is 29.9 Å². The average molecular weight is 334 g/mol. The van der Waals surface area contributed by atoms with Crippen molar-refractivity contribution >= 4 is 22.5 Å². The van der Waals surface area contributed by atoms with Crippen LogP contribution in [0.3, 0.4) is 0 Å². The zero-order valence-corrected chi connectivity index (χ0v) is 13.9. The number of imidazole rings is 1. The Balaban J connectivity index is 1.68. The van der Waals surface area contributed by atoms with E-state index in [9.17, 15) is 4.39 Å². The highest BCUT2D eigenvalue weighted by atomic mass is 32.2. The molecule has 0 aliphatic carbocycles. The van der Waals surface area contributed by atoms with Gasteiger partial charge in [-0.1, -0.05) is 42.1 Å². The number of aromatic nitrogens is 2. The summed E-state index contributed by atoms with van der Waals surface area (Å²) >= 11 is 1.65. The maximum atomic E-state index is 13.1. The fraction of sp³-hybridized carbons (Fsp3) is 0.0500. The van der Waals surface area contributed by atoms with Gasteiger partial charge in [0.05, 0.1) is 0 Å². The number of hydrogen-bond acceptors (Lipinski definition) is 2. The maximum absolute atomic E-state index is 13.1. The summed E-state index contributed by atoms with van der Waals surface area (Å²) in [6.45, 7) is 0. The molecule has 0 radical (unpaired) electrons. The van der Waals surface area contributed by atoms with Crippen LogP contribution >= 0.6 is 11.8 Å². The smallest absolute Gasteiger partial charge is 0.172 e. The average Bonchev–Trinajstić information content (AvgIpc) is 3.00. The lowest BCUT2D eigenvalue weighted by Crippen LogP contribution is -1.88. The van der Waals surface area contributed by atoms with Crippen molar-refractivity contribution in [2.75, 3.05) is 0 Å². The highest BCUT2D eigenvalue weighted by molar-refractivity contribution is 7.99. The monoisotopic (exact) mass is 334 g/mol. The van der Waals surface area contributed by atoms with Gasteiger partial charge in [0.25, 0.3) is 0 Å². The third-order valence-corrected chi connectivity index (χ3v) is 5.04. The summed E-state index contributed by atoms with van der Waals surface area (Å²) in [6.07, 6.45) is 3.75. The van der Waals surface area contributed by atoms with Crippen LogP contribution in [0.1, 0.15) is 0 Å². The molecule has 0 fully saturated rings. The highest BCUT2D eigenvalue weighted by Crippen LogP contribution is 2.31. The summed E-state index contributed by atoms with van der Waals surface area (Å²) in [7, 11) is 1.99. The first-order valence-corrected chi connectivity index (χ1v) is 8.46. The molecule has 0 saturated heterocycles. The van der Waals surface area contributed by atoms with Gasteiger partial charge >= 0.3 is 0 Å². The Hall–Kier alpha value is -2.59. The van der Waals surface area contributed by atoms with E-state index in [1.165, 1.54) is 22.9 Å². The van der Waals surface area contributed by atoms with Gasteiger partial charge in [-0.3, -0.25) is 0 Å². The van der Waals surface area contributed by atoms with Crippen molar-refractivity contribution in [3.63, 3.8) is 0 Å². The molecule has 1 aromatic heterocycles. The van der Waals surface area contributed by atoms with Gasteiger partial charge in [-0.05, 0) is 52.2 Å². The fourth-order valence-electron chi connectivity index (χ4n) is 2.66. The zero-order valence-electron chi connectivity index (χ0n) is 13.1. The summed E-state index contributed by atoms with van der Waals surface area (Å²) in [5, 5.41) is 3.32. The number of hydrogen-bond donors (Lipinski definition) is 0. The molecule has 0 saturated carbocycles. The first-order chi connectivity index (χ1) is 11.7. The molecule has 0 aliphatic rings. The van der Waals surface area contributed by atoms with Crippen LogP contribution in [0, 0.1) is 5.82 Å². The van der Waals surface area contributed by atoms with E-state index in [0.717, 1.165) is 21.2 Å². The maximum Gasteiger partial charge on any atom is 0.172 e. The standard InChI is InChI=1S/C20H15FN2S/c1-23-11-10-22-20(23)24-19-9-6-16-12-15(2-3-17(16)13-19)14-4-7-18(21)8-5-14/h2-13H,1H3. The lowest BCUT2D eigenvalue weighted by Gasteiger charge is -2.07. The molecular formula is C20H15FN2S. The first kappa shape index (κ1) is 15.0. The molecule has 0 bridgehead atoms. The molecule has 2 nitrogen and oxygen atoms in total. The molecule has 0 aliphatic heterocycles. The molecule has 1 heterocycles. The molecule has 24 heavy (non-hydrogen) atoms. The van der Waals surface area contributed by atoms with Crippen LogP contribution in [0.2, 0.25) is 0 Å². The Labute approximate surface area is 144 Å². The number of halogens is 1. The third kappa shape index (κ3) is 2.93. The molecule has 4 rings (SSSR count). The molecule has 4 heteroatoms. The fourth-order valence-corrected chi connectivity index (χ4v) is 3.52. The van der Waals surface area contributed by atoms with Gasteiger partial charge in [-0.25, -0.2) is 9.37 Å². The molecule has 0 spiro atoms. The molecule has 0 atom stereocenters. The van der Waals surface area contributed by atoms with E-state index in [1.54, 1.807) is 18.0 Å². The summed E-state index contributed by atoms with van der Waals surface area (Å²) in [6, 6.07) is 19.3. The highest BCUT2D eigenvalue weighted by Gasteiger charge is 2.05. The predicted molar refractivity (Wildman–Crippen MR) is 96.7 cm³/mol. The largest absolute Gasteiger partial charge is 0.329 e. The van der Waals surface area contributed by atoms with Crippen molar-refractivity contribution in [2.24, 2.45) is 7.05 Å². The van der Waals surface area contributed by atoms with E-state index >= 15 is 0 Å². The van der Waals surface area contributed by atoms with Gasteiger partial charge in [-0.15, -0.1) is 0 Å². The Bertz CT molecular complexity index is 1010. The van der Waals surface area contributed by atoms with Crippen LogP contribution in [0.5, 0.6) is 0 Å². The molecule has 0 amide bonds. The van der Waals surface area contributed by atoms with Gasteiger partial charge in [0.1, 0.15) is 5.82 Å². The van der Waals surface area contributed by atoms with Crippen molar-refractivity contribution in [2.45, 2.75) is 10.1 Å². The van der Waals surface area contributed by atoms with Gasteiger partial charge in [0, 0.05) is 24.3 Å². The van der Waals surface area contributed by atoms with E-state index in [-0.39, 0.29) is 5.82 Å². The Morgan fingerprint density at radius 1 is 0.875 bits per heavy atom. The topological polar surface area (TPSA) is 17.8 Å². The van der Waals surface area contributed by atoms with Crippen molar-refractivity contribution in [3.05, 3.63) is 78.9 Å². The number of fused-ring (bicyclic) bond motifs is 1. The van der Waals surface area contributed by atoms with E-state index < -0.39 is 0 Å². The van der Waals surface area contributed by atoms with Crippen LogP contribution < -0.4 is 0 Å². The van der Waals surface area contributed by atoms with E-state index in [0.29, 0.717) is 0 Å². The minimum Gasteiger partial charge on any atom is -0.329 e. The van der Waals surface area contributed by atoms with Gasteiger partial charge in [0.15, 0.2) is 5.16 Å². The second kappa shape index (κ2) is 6.13. The van der Waals surface area contributed by atoms with Gasteiger partial charge < -0.3 is 4.57 Å². The van der Waals surface area contributed by atoms with E-state index in [2.05, 4.69) is 41.4 Å². The third-order valence-electron chi connectivity index (χ3n) is 3.98. The Morgan fingerprint density at radius 2 is 1.58 bits per heavy atom. The molecule has 0 N–H and O–H groups in total. The summed E-state index contributed by atoms with van der Waals surface area (Å²) in [5.41, 5.74) is 2.11. The number of nitrogens with zero attached hydrogens (tertiary/aromatic N) is 2. The van der Waals surface area contributed by atoms with Crippen LogP contribution in [0.15, 0.2) is 83.1 Å². The predicted octanol–water partition coefficient (Wildman–Crippen LogP) is 5.53. The van der Waals surface area contributed by atoms with Crippen molar-refractivity contribution < 1.29 is 4.39 Å². The summed E-state index contributed by atoms with van der Waals surface area (Å²) < 4.78 is 15.1. The van der Waals surface area contributed by atoms with Crippen molar-refractivity contribution in [3.8, 4) is 11.1 Å². The SMILES string of the molecule is Cn1ccnc1Sc1ccc2cc(-c3ccc(F)cc3)ccc2c1.